The van der Waals surface area contributed by atoms with Gasteiger partial charge in [0.2, 0.25) is 0 Å². The highest BCUT2D eigenvalue weighted by Gasteiger charge is 2.31. The number of aromatic hydroxyl groups is 1. The Morgan fingerprint density at radius 3 is 2.72 bits per heavy atom. The normalized spacial score (nSPS) is 18.4. The number of hydrogen-bond donors (Lipinski definition) is 1. The van der Waals surface area contributed by atoms with E-state index in [1.807, 2.05) is 26.0 Å². The average Bonchev–Trinajstić information content (AvgIpc) is 2.66. The highest BCUT2D eigenvalue weighted by Crippen LogP contribution is 2.47. The first-order valence-electron chi connectivity index (χ1n) is 10.8. The second-order valence-electron chi connectivity index (χ2n) is 8.06. The molecule has 1 aromatic rings. The van der Waals surface area contributed by atoms with Crippen LogP contribution in [0.4, 0.5) is 0 Å². The van der Waals surface area contributed by atoms with Gasteiger partial charge < -0.3 is 9.84 Å². The molecule has 3 nitrogen and oxygen atoms in total. The number of carbonyl (C=O) groups excluding carboxylic acids is 1. The van der Waals surface area contributed by atoms with Crippen molar-refractivity contribution in [3.63, 3.8) is 0 Å². The molecule has 2 atom stereocenters. The van der Waals surface area contributed by atoms with Crippen LogP contribution in [0, 0.1) is 17.8 Å². The molecule has 1 N–H and O–H groups in total. The van der Waals surface area contributed by atoms with Crippen molar-refractivity contribution < 1.29 is 14.6 Å². The summed E-state index contributed by atoms with van der Waals surface area (Å²) in [6.45, 7) is 12.4. The Bertz CT molecular complexity index is 835. The SMILES string of the molecule is C=C(C)C1CCC(C)=CC1c1c(O)cc(CCCCC)cc1OC(=O)C#CCC. The number of aryl methyl sites for hydroxylation is 1. The number of allylic oxidation sites excluding steroid dienone is 3. The Labute approximate surface area is 175 Å². The van der Waals surface area contributed by atoms with Crippen molar-refractivity contribution in [2.45, 2.75) is 78.6 Å². The molecular weight excluding hydrogens is 360 g/mol. The van der Waals surface area contributed by atoms with Crippen molar-refractivity contribution in [3.8, 4) is 23.3 Å². The lowest BCUT2D eigenvalue weighted by atomic mass is 9.73. The Morgan fingerprint density at radius 2 is 2.07 bits per heavy atom. The zero-order chi connectivity index (χ0) is 21.4. The number of rotatable bonds is 7. The summed E-state index contributed by atoms with van der Waals surface area (Å²) in [6, 6.07) is 3.73. The minimum absolute atomic E-state index is 0.0622. The van der Waals surface area contributed by atoms with E-state index in [1.54, 1.807) is 0 Å². The highest BCUT2D eigenvalue weighted by molar-refractivity contribution is 5.90. The van der Waals surface area contributed by atoms with Crippen LogP contribution in [0.15, 0.2) is 35.9 Å². The summed E-state index contributed by atoms with van der Waals surface area (Å²) in [5.41, 5.74) is 4.01. The fourth-order valence-corrected chi connectivity index (χ4v) is 4.00. The van der Waals surface area contributed by atoms with Crippen molar-refractivity contribution in [2.75, 3.05) is 0 Å². The smallest absolute Gasteiger partial charge is 0.389 e. The molecule has 0 saturated carbocycles. The van der Waals surface area contributed by atoms with E-state index in [4.69, 9.17) is 4.74 Å². The van der Waals surface area contributed by atoms with Crippen molar-refractivity contribution in [1.82, 2.24) is 0 Å². The lowest BCUT2D eigenvalue weighted by Gasteiger charge is -2.32. The molecule has 0 bridgehead atoms. The summed E-state index contributed by atoms with van der Waals surface area (Å²) >= 11 is 0. The summed E-state index contributed by atoms with van der Waals surface area (Å²) in [6.07, 6.45) is 8.90. The van der Waals surface area contributed by atoms with Gasteiger partial charge in [-0.25, -0.2) is 4.79 Å². The van der Waals surface area contributed by atoms with Gasteiger partial charge in [0.25, 0.3) is 0 Å². The van der Waals surface area contributed by atoms with Gasteiger partial charge in [0.1, 0.15) is 11.5 Å². The minimum Gasteiger partial charge on any atom is -0.507 e. The first kappa shape index (κ1) is 22.8. The summed E-state index contributed by atoms with van der Waals surface area (Å²) < 4.78 is 5.66. The van der Waals surface area contributed by atoms with E-state index in [2.05, 4.69) is 38.3 Å². The summed E-state index contributed by atoms with van der Waals surface area (Å²) in [4.78, 5) is 12.3. The number of phenolic OH excluding ortho intramolecular Hbond substituents is 1. The first-order valence-corrected chi connectivity index (χ1v) is 10.8. The van der Waals surface area contributed by atoms with E-state index in [0.29, 0.717) is 17.7 Å². The molecule has 0 fully saturated rings. The lowest BCUT2D eigenvalue weighted by Crippen LogP contribution is -2.19. The van der Waals surface area contributed by atoms with Crippen LogP contribution in [0.3, 0.4) is 0 Å². The van der Waals surface area contributed by atoms with Gasteiger partial charge in [-0.15, -0.1) is 0 Å². The maximum atomic E-state index is 12.3. The Kier molecular flexibility index (Phi) is 8.58. The Morgan fingerprint density at radius 1 is 1.31 bits per heavy atom. The van der Waals surface area contributed by atoms with E-state index in [-0.39, 0.29) is 17.6 Å². The van der Waals surface area contributed by atoms with Gasteiger partial charge >= 0.3 is 5.97 Å². The van der Waals surface area contributed by atoms with Gasteiger partial charge in [0.05, 0.1) is 0 Å². The minimum atomic E-state index is -0.582. The van der Waals surface area contributed by atoms with Gasteiger partial charge in [-0.05, 0) is 63.1 Å². The van der Waals surface area contributed by atoms with Crippen LogP contribution in [0.5, 0.6) is 11.5 Å². The molecule has 1 aromatic carbocycles. The standard InChI is InChI=1S/C26H34O3/c1-6-8-10-11-20-16-23(27)26(24(17-20)29-25(28)12-9-7-2)22-15-19(5)13-14-21(22)18(3)4/h15-17,21-22,27H,3,6-8,10-11,13-14H2,1-2,4-5H3. The van der Waals surface area contributed by atoms with E-state index < -0.39 is 5.97 Å². The molecule has 29 heavy (non-hydrogen) atoms. The fraction of sp³-hybridized carbons (Fsp3) is 0.500. The van der Waals surface area contributed by atoms with Crippen LogP contribution in [0.25, 0.3) is 0 Å². The quantitative estimate of drug-likeness (QED) is 0.144. The maximum absolute atomic E-state index is 12.3. The summed E-state index contributed by atoms with van der Waals surface area (Å²) in [7, 11) is 0. The van der Waals surface area contributed by atoms with Crippen LogP contribution in [-0.4, -0.2) is 11.1 Å². The van der Waals surface area contributed by atoms with Crippen molar-refractivity contribution >= 4 is 5.97 Å². The highest BCUT2D eigenvalue weighted by atomic mass is 16.5. The largest absolute Gasteiger partial charge is 0.507 e. The second-order valence-corrected chi connectivity index (χ2v) is 8.06. The molecule has 0 heterocycles. The molecule has 2 unspecified atom stereocenters. The van der Waals surface area contributed by atoms with Gasteiger partial charge in [0, 0.05) is 23.8 Å². The zero-order valence-electron chi connectivity index (χ0n) is 18.3. The predicted octanol–water partition coefficient (Wildman–Crippen LogP) is 6.46. The Balaban J connectivity index is 2.51. The van der Waals surface area contributed by atoms with Crippen LogP contribution in [0.1, 0.15) is 83.3 Å². The van der Waals surface area contributed by atoms with Crippen LogP contribution < -0.4 is 4.74 Å². The van der Waals surface area contributed by atoms with Gasteiger partial charge in [-0.2, -0.15) is 0 Å². The zero-order valence-corrected chi connectivity index (χ0v) is 18.3. The number of unbranched alkanes of at least 4 members (excludes halogenated alkanes) is 2. The third-order valence-electron chi connectivity index (χ3n) is 5.53. The molecule has 0 saturated heterocycles. The number of hydrogen-bond acceptors (Lipinski definition) is 3. The molecule has 0 spiro atoms. The predicted molar refractivity (Wildman–Crippen MR) is 119 cm³/mol. The fourth-order valence-electron chi connectivity index (χ4n) is 4.00. The number of carbonyl (C=O) groups is 1. The molecule has 3 heteroatoms. The summed E-state index contributed by atoms with van der Waals surface area (Å²) in [5.74, 6) is 5.45. The molecular formula is C26H34O3. The molecule has 0 amide bonds. The average molecular weight is 395 g/mol. The topological polar surface area (TPSA) is 46.5 Å². The third kappa shape index (κ3) is 6.26. The van der Waals surface area contributed by atoms with Crippen LogP contribution in [0.2, 0.25) is 0 Å². The summed E-state index contributed by atoms with van der Waals surface area (Å²) in [5, 5.41) is 11.0. The molecule has 1 aliphatic rings. The number of esters is 1. The van der Waals surface area contributed by atoms with Gasteiger partial charge in [-0.1, -0.05) is 56.4 Å². The van der Waals surface area contributed by atoms with Gasteiger partial charge in [0.15, 0.2) is 0 Å². The van der Waals surface area contributed by atoms with Crippen molar-refractivity contribution in [3.05, 3.63) is 47.1 Å². The molecule has 0 radical (unpaired) electrons. The van der Waals surface area contributed by atoms with Crippen LogP contribution in [-0.2, 0) is 11.2 Å². The number of ether oxygens (including phenoxy) is 1. The number of benzene rings is 1. The molecule has 1 aliphatic carbocycles. The molecule has 2 rings (SSSR count). The molecule has 0 aromatic heterocycles. The number of phenols is 1. The van der Waals surface area contributed by atoms with E-state index in [1.165, 1.54) is 5.57 Å². The van der Waals surface area contributed by atoms with Crippen molar-refractivity contribution in [2.24, 2.45) is 5.92 Å². The molecule has 156 valence electrons. The van der Waals surface area contributed by atoms with E-state index in [0.717, 1.165) is 49.7 Å². The van der Waals surface area contributed by atoms with E-state index >= 15 is 0 Å². The van der Waals surface area contributed by atoms with Crippen molar-refractivity contribution in [1.29, 1.82) is 0 Å². The van der Waals surface area contributed by atoms with E-state index in [9.17, 15) is 9.90 Å². The first-order chi connectivity index (χ1) is 13.9. The van der Waals surface area contributed by atoms with Crippen LogP contribution >= 0.6 is 0 Å². The Hall–Kier alpha value is -2.47. The monoisotopic (exact) mass is 394 g/mol. The van der Waals surface area contributed by atoms with Gasteiger partial charge in [-0.3, -0.25) is 0 Å². The second kappa shape index (κ2) is 10.9. The lowest BCUT2D eigenvalue weighted by molar-refractivity contribution is -0.128. The third-order valence-corrected chi connectivity index (χ3v) is 5.53. The molecule has 0 aliphatic heterocycles. The maximum Gasteiger partial charge on any atom is 0.389 e.